The number of non-ortho nitro benzene ring substituents is 1. The largest absolute Gasteiger partial charge is 0.377 e. The number of hydrogen-bond donors (Lipinski definition) is 1. The summed E-state index contributed by atoms with van der Waals surface area (Å²) in [4.78, 5) is 9.60. The van der Waals surface area contributed by atoms with Gasteiger partial charge in [-0.2, -0.15) is 0 Å². The molecule has 1 aromatic rings. The number of nitro groups is 1. The van der Waals surface area contributed by atoms with Gasteiger partial charge in [0.2, 0.25) is 0 Å². The Morgan fingerprint density at radius 2 is 1.89 bits per heavy atom. The summed E-state index contributed by atoms with van der Waals surface area (Å²) in [7, 11) is 0. The highest BCUT2D eigenvalue weighted by atomic mass is 19.1. The highest BCUT2D eigenvalue weighted by Crippen LogP contribution is 2.25. The van der Waals surface area contributed by atoms with Crippen molar-refractivity contribution in [2.45, 2.75) is 26.4 Å². The van der Waals surface area contributed by atoms with E-state index in [2.05, 4.69) is 5.32 Å². The van der Waals surface area contributed by atoms with Crippen molar-refractivity contribution >= 4 is 11.4 Å². The summed E-state index contributed by atoms with van der Waals surface area (Å²) in [5.74, 6) is -2.00. The molecule has 0 fully saturated rings. The Balaban J connectivity index is 2.88. The van der Waals surface area contributed by atoms with Crippen LogP contribution in [-0.4, -0.2) is 23.7 Å². The van der Waals surface area contributed by atoms with Crippen molar-refractivity contribution in [1.29, 1.82) is 0 Å². The van der Waals surface area contributed by atoms with Crippen molar-refractivity contribution in [3.05, 3.63) is 33.9 Å². The van der Waals surface area contributed by atoms with Gasteiger partial charge in [-0.1, -0.05) is 0 Å². The van der Waals surface area contributed by atoms with Crippen LogP contribution < -0.4 is 5.32 Å². The van der Waals surface area contributed by atoms with Crippen molar-refractivity contribution in [2.24, 2.45) is 0 Å². The Labute approximate surface area is 109 Å². The van der Waals surface area contributed by atoms with E-state index in [9.17, 15) is 18.9 Å². The summed E-state index contributed by atoms with van der Waals surface area (Å²) in [6.07, 6.45) is 0. The Hall–Kier alpha value is -1.76. The number of hydrogen-bond acceptors (Lipinski definition) is 4. The smallest absolute Gasteiger partial charge is 0.275 e. The second-order valence-electron chi connectivity index (χ2n) is 4.59. The fourth-order valence-electron chi connectivity index (χ4n) is 1.58. The van der Waals surface area contributed by atoms with Gasteiger partial charge in [-0.3, -0.25) is 10.1 Å². The van der Waals surface area contributed by atoms with Crippen molar-refractivity contribution in [3.8, 4) is 0 Å². The molecule has 1 N–H and O–H groups in total. The van der Waals surface area contributed by atoms with Crippen LogP contribution in [0.25, 0.3) is 0 Å². The molecule has 0 aliphatic heterocycles. The van der Waals surface area contributed by atoms with E-state index in [1.165, 1.54) is 0 Å². The van der Waals surface area contributed by atoms with Gasteiger partial charge in [0.1, 0.15) is 5.69 Å². The number of nitrogens with one attached hydrogen (secondary N) is 1. The topological polar surface area (TPSA) is 64.4 Å². The zero-order valence-corrected chi connectivity index (χ0v) is 11.0. The molecule has 0 radical (unpaired) electrons. The molecule has 0 saturated carbocycles. The van der Waals surface area contributed by atoms with Gasteiger partial charge < -0.3 is 10.1 Å². The molecule has 0 aliphatic carbocycles. The summed E-state index contributed by atoms with van der Waals surface area (Å²) >= 11 is 0. The van der Waals surface area contributed by atoms with Gasteiger partial charge in [-0.25, -0.2) is 8.78 Å². The first-order valence-electron chi connectivity index (χ1n) is 5.78. The van der Waals surface area contributed by atoms with Crippen LogP contribution in [0, 0.1) is 21.7 Å². The van der Waals surface area contributed by atoms with E-state index >= 15 is 0 Å². The standard InChI is InChI=1S/C12H16F2N2O3/c1-4-19-12(2,3)7-15-11-9(13)5-8(16(17)18)6-10(11)14/h5-6,15H,4,7H2,1-3H3. The quantitative estimate of drug-likeness (QED) is 0.639. The second-order valence-corrected chi connectivity index (χ2v) is 4.59. The maximum Gasteiger partial charge on any atom is 0.275 e. The van der Waals surface area contributed by atoms with E-state index in [0.29, 0.717) is 18.7 Å². The van der Waals surface area contributed by atoms with Crippen LogP contribution in [0.4, 0.5) is 20.2 Å². The first kappa shape index (κ1) is 15.3. The van der Waals surface area contributed by atoms with E-state index in [0.717, 1.165) is 0 Å². The maximum absolute atomic E-state index is 13.6. The highest BCUT2D eigenvalue weighted by molar-refractivity contribution is 5.51. The van der Waals surface area contributed by atoms with E-state index in [-0.39, 0.29) is 6.54 Å². The monoisotopic (exact) mass is 274 g/mol. The zero-order chi connectivity index (χ0) is 14.6. The lowest BCUT2D eigenvalue weighted by Crippen LogP contribution is -2.33. The molecule has 0 spiro atoms. The fraction of sp³-hybridized carbons (Fsp3) is 0.500. The molecule has 7 heteroatoms. The predicted octanol–water partition coefficient (Wildman–Crippen LogP) is 3.10. The summed E-state index contributed by atoms with van der Waals surface area (Å²) in [6, 6.07) is 1.36. The number of nitrogens with zero attached hydrogens (tertiary/aromatic N) is 1. The molecule has 0 heterocycles. The van der Waals surface area contributed by atoms with Crippen LogP contribution in [0.15, 0.2) is 12.1 Å². The van der Waals surface area contributed by atoms with E-state index in [1.807, 2.05) is 6.92 Å². The van der Waals surface area contributed by atoms with Gasteiger partial charge in [-0.05, 0) is 20.8 Å². The molecule has 1 aromatic carbocycles. The SMILES string of the molecule is CCOC(C)(C)CNc1c(F)cc([N+](=O)[O-])cc1F. The Bertz CT molecular complexity index is 455. The number of halogens is 2. The molecule has 0 bridgehead atoms. The molecule has 0 amide bonds. The lowest BCUT2D eigenvalue weighted by atomic mass is 10.1. The Morgan fingerprint density at radius 3 is 2.32 bits per heavy atom. The van der Waals surface area contributed by atoms with Gasteiger partial charge in [0, 0.05) is 13.2 Å². The Kier molecular flexibility index (Phi) is 4.77. The zero-order valence-electron chi connectivity index (χ0n) is 11.0. The number of anilines is 1. The molecule has 0 atom stereocenters. The van der Waals surface area contributed by atoms with Crippen molar-refractivity contribution in [2.75, 3.05) is 18.5 Å². The van der Waals surface area contributed by atoms with Crippen LogP contribution in [0.5, 0.6) is 0 Å². The number of benzene rings is 1. The molecular formula is C12H16F2N2O3. The predicted molar refractivity (Wildman–Crippen MR) is 67.2 cm³/mol. The average molecular weight is 274 g/mol. The third kappa shape index (κ3) is 4.13. The lowest BCUT2D eigenvalue weighted by Gasteiger charge is -2.25. The van der Waals surface area contributed by atoms with Gasteiger partial charge in [0.15, 0.2) is 11.6 Å². The number of nitro benzene ring substituents is 1. The maximum atomic E-state index is 13.6. The van der Waals surface area contributed by atoms with E-state index in [4.69, 9.17) is 4.74 Å². The molecule has 19 heavy (non-hydrogen) atoms. The lowest BCUT2D eigenvalue weighted by molar-refractivity contribution is -0.385. The summed E-state index contributed by atoms with van der Waals surface area (Å²) in [5, 5.41) is 13.0. The van der Waals surface area contributed by atoms with Gasteiger partial charge in [0.05, 0.1) is 22.7 Å². The Morgan fingerprint density at radius 1 is 1.37 bits per heavy atom. The van der Waals surface area contributed by atoms with Gasteiger partial charge >= 0.3 is 0 Å². The van der Waals surface area contributed by atoms with Crippen LogP contribution in [0.2, 0.25) is 0 Å². The summed E-state index contributed by atoms with van der Waals surface area (Å²) < 4.78 is 32.5. The van der Waals surface area contributed by atoms with Crippen LogP contribution in [0.1, 0.15) is 20.8 Å². The first-order valence-corrected chi connectivity index (χ1v) is 5.78. The van der Waals surface area contributed by atoms with Crippen molar-refractivity contribution in [1.82, 2.24) is 0 Å². The molecule has 0 saturated heterocycles. The molecule has 0 aromatic heterocycles. The molecule has 0 unspecified atom stereocenters. The normalized spacial score (nSPS) is 11.4. The van der Waals surface area contributed by atoms with Crippen molar-refractivity contribution < 1.29 is 18.4 Å². The number of rotatable bonds is 6. The summed E-state index contributed by atoms with van der Waals surface area (Å²) in [5.41, 5.74) is -1.61. The molecule has 0 aliphatic rings. The minimum atomic E-state index is -1.00. The minimum absolute atomic E-state index is 0.173. The van der Waals surface area contributed by atoms with Gasteiger partial charge in [0.25, 0.3) is 5.69 Å². The van der Waals surface area contributed by atoms with E-state index in [1.54, 1.807) is 13.8 Å². The minimum Gasteiger partial charge on any atom is -0.377 e. The third-order valence-corrected chi connectivity index (χ3v) is 2.46. The van der Waals surface area contributed by atoms with E-state index < -0.39 is 33.5 Å². The van der Waals surface area contributed by atoms with Crippen LogP contribution in [-0.2, 0) is 4.74 Å². The molecule has 5 nitrogen and oxygen atoms in total. The average Bonchev–Trinajstić information content (AvgIpc) is 2.27. The van der Waals surface area contributed by atoms with Crippen molar-refractivity contribution in [3.63, 3.8) is 0 Å². The van der Waals surface area contributed by atoms with Crippen LogP contribution in [0.3, 0.4) is 0 Å². The number of ether oxygens (including phenoxy) is 1. The van der Waals surface area contributed by atoms with Crippen LogP contribution >= 0.6 is 0 Å². The molecular weight excluding hydrogens is 258 g/mol. The summed E-state index contributed by atoms with van der Waals surface area (Å²) in [6.45, 7) is 6.00. The second kappa shape index (κ2) is 5.92. The highest BCUT2D eigenvalue weighted by Gasteiger charge is 2.21. The fourth-order valence-corrected chi connectivity index (χ4v) is 1.58. The van der Waals surface area contributed by atoms with Gasteiger partial charge in [-0.15, -0.1) is 0 Å². The molecule has 1 rings (SSSR count). The molecule has 106 valence electrons. The third-order valence-electron chi connectivity index (χ3n) is 2.46. The first-order chi connectivity index (χ1) is 8.76.